The Morgan fingerprint density at radius 2 is 2.17 bits per heavy atom. The predicted octanol–water partition coefficient (Wildman–Crippen LogP) is 1.21. The minimum atomic E-state index is -0.243. The van der Waals surface area contributed by atoms with Crippen LogP contribution in [0.1, 0.15) is 5.56 Å². The quantitative estimate of drug-likeness (QED) is 0.912. The molecule has 1 aliphatic rings. The molecule has 1 heterocycles. The lowest BCUT2D eigenvalue weighted by Gasteiger charge is -2.32. The van der Waals surface area contributed by atoms with Gasteiger partial charge in [0.25, 0.3) is 0 Å². The molecular weight excluding hydrogens is 298 g/mol. The van der Waals surface area contributed by atoms with Crippen molar-refractivity contribution in [2.45, 2.75) is 12.5 Å². The Labute approximate surface area is 115 Å². The number of carbonyl (C=O) groups excluding carboxylic acids is 1. The highest BCUT2D eigenvalue weighted by atomic mass is 79.9. The summed E-state index contributed by atoms with van der Waals surface area (Å²) in [7, 11) is 0. The fourth-order valence-electron chi connectivity index (χ4n) is 1.95. The molecule has 0 bridgehead atoms. The van der Waals surface area contributed by atoms with Gasteiger partial charge in [-0.2, -0.15) is 0 Å². The first kappa shape index (κ1) is 13.5. The van der Waals surface area contributed by atoms with E-state index in [9.17, 15) is 4.79 Å². The lowest BCUT2D eigenvalue weighted by atomic mass is 10.1. The summed E-state index contributed by atoms with van der Waals surface area (Å²) in [4.78, 5) is 13.8. The van der Waals surface area contributed by atoms with E-state index in [4.69, 9.17) is 9.84 Å². The highest BCUT2D eigenvalue weighted by Gasteiger charge is 2.23. The molecule has 1 N–H and O–H groups in total. The smallest absolute Gasteiger partial charge is 0.227 e. The zero-order valence-corrected chi connectivity index (χ0v) is 11.6. The zero-order valence-electron chi connectivity index (χ0n) is 10.0. The van der Waals surface area contributed by atoms with Crippen LogP contribution in [0.15, 0.2) is 28.7 Å². The topological polar surface area (TPSA) is 49.8 Å². The van der Waals surface area contributed by atoms with Crippen LogP contribution in [-0.4, -0.2) is 48.3 Å². The summed E-state index contributed by atoms with van der Waals surface area (Å²) in [5, 5.41) is 9.04. The molecule has 1 saturated heterocycles. The first-order valence-corrected chi connectivity index (χ1v) is 6.73. The molecule has 0 aromatic heterocycles. The summed E-state index contributed by atoms with van der Waals surface area (Å²) >= 11 is 3.37. The van der Waals surface area contributed by atoms with Gasteiger partial charge in [0.15, 0.2) is 0 Å². The number of morpholine rings is 1. The number of aliphatic hydroxyl groups is 1. The molecule has 1 aliphatic heterocycles. The summed E-state index contributed by atoms with van der Waals surface area (Å²) in [6.07, 6.45) is 0.151. The molecule has 18 heavy (non-hydrogen) atoms. The molecule has 1 aromatic rings. The number of aliphatic hydroxyl groups excluding tert-OH is 1. The number of carbonyl (C=O) groups is 1. The van der Waals surface area contributed by atoms with Crippen molar-refractivity contribution in [1.82, 2.24) is 4.90 Å². The monoisotopic (exact) mass is 313 g/mol. The van der Waals surface area contributed by atoms with Gasteiger partial charge >= 0.3 is 0 Å². The van der Waals surface area contributed by atoms with Gasteiger partial charge in [0.2, 0.25) is 5.91 Å². The third-order valence-corrected chi connectivity index (χ3v) is 3.49. The summed E-state index contributed by atoms with van der Waals surface area (Å²) < 4.78 is 6.33. The first-order chi connectivity index (χ1) is 8.69. The maximum atomic E-state index is 12.1. The van der Waals surface area contributed by atoms with Crippen molar-refractivity contribution in [3.63, 3.8) is 0 Å². The molecule has 0 spiro atoms. The van der Waals surface area contributed by atoms with Crippen molar-refractivity contribution >= 4 is 21.8 Å². The van der Waals surface area contributed by atoms with Gasteiger partial charge in [-0.05, 0) is 17.7 Å². The van der Waals surface area contributed by atoms with E-state index in [1.54, 1.807) is 4.90 Å². The Bertz CT molecular complexity index is 407. The maximum absolute atomic E-state index is 12.1. The molecule has 1 unspecified atom stereocenters. The second-order valence-electron chi connectivity index (χ2n) is 4.32. The van der Waals surface area contributed by atoms with Crippen molar-refractivity contribution in [3.8, 4) is 0 Å². The van der Waals surface area contributed by atoms with Crippen molar-refractivity contribution < 1.29 is 14.6 Å². The third-order valence-electron chi connectivity index (χ3n) is 2.96. The van der Waals surface area contributed by atoms with Gasteiger partial charge in [0.05, 0.1) is 25.7 Å². The number of ether oxygens (including phenoxy) is 1. The Kier molecular flexibility index (Phi) is 4.74. The van der Waals surface area contributed by atoms with Crippen LogP contribution in [0, 0.1) is 0 Å². The Morgan fingerprint density at radius 3 is 2.83 bits per heavy atom. The molecule has 1 amide bonds. The molecule has 5 heteroatoms. The van der Waals surface area contributed by atoms with E-state index >= 15 is 0 Å². The van der Waals surface area contributed by atoms with Gasteiger partial charge in [-0.1, -0.05) is 28.1 Å². The van der Waals surface area contributed by atoms with E-state index in [2.05, 4.69) is 15.9 Å². The van der Waals surface area contributed by atoms with Crippen molar-refractivity contribution in [1.29, 1.82) is 0 Å². The molecular formula is C13H16BrNO3. The Balaban J connectivity index is 1.93. The number of halogens is 1. The lowest BCUT2D eigenvalue weighted by Crippen LogP contribution is -2.47. The summed E-state index contributed by atoms with van der Waals surface area (Å²) in [5.74, 6) is 0.0825. The minimum Gasteiger partial charge on any atom is -0.394 e. The highest BCUT2D eigenvalue weighted by molar-refractivity contribution is 9.10. The van der Waals surface area contributed by atoms with Gasteiger partial charge in [-0.15, -0.1) is 0 Å². The van der Waals surface area contributed by atoms with Crippen LogP contribution in [0.4, 0.5) is 0 Å². The molecule has 0 radical (unpaired) electrons. The van der Waals surface area contributed by atoms with E-state index in [0.29, 0.717) is 26.1 Å². The average molecular weight is 314 g/mol. The molecule has 1 fully saturated rings. The summed E-state index contributed by atoms with van der Waals surface area (Å²) in [6, 6.07) is 7.73. The van der Waals surface area contributed by atoms with E-state index in [1.165, 1.54) is 0 Å². The zero-order chi connectivity index (χ0) is 13.0. The number of nitrogens with zero attached hydrogens (tertiary/aromatic N) is 1. The fraction of sp³-hybridized carbons (Fsp3) is 0.462. The van der Waals surface area contributed by atoms with Gasteiger partial charge in [-0.25, -0.2) is 0 Å². The van der Waals surface area contributed by atoms with Crippen LogP contribution in [0.5, 0.6) is 0 Å². The molecule has 0 saturated carbocycles. The SMILES string of the molecule is O=C(Cc1ccc(Br)cc1)N1CCOC(CO)C1. The standard InChI is InChI=1S/C13H16BrNO3/c14-11-3-1-10(2-4-11)7-13(17)15-5-6-18-12(8-15)9-16/h1-4,12,16H,5-9H2. The van der Waals surface area contributed by atoms with E-state index in [-0.39, 0.29) is 18.6 Å². The van der Waals surface area contributed by atoms with Crippen molar-refractivity contribution in [2.75, 3.05) is 26.3 Å². The van der Waals surface area contributed by atoms with Crippen LogP contribution >= 0.6 is 15.9 Å². The summed E-state index contributed by atoms with van der Waals surface area (Å²) in [5.41, 5.74) is 0.996. The van der Waals surface area contributed by atoms with Crippen LogP contribution in [0.2, 0.25) is 0 Å². The van der Waals surface area contributed by atoms with Crippen molar-refractivity contribution in [2.24, 2.45) is 0 Å². The van der Waals surface area contributed by atoms with E-state index < -0.39 is 0 Å². The number of amides is 1. The number of rotatable bonds is 3. The fourth-order valence-corrected chi connectivity index (χ4v) is 2.21. The number of hydrogen-bond acceptors (Lipinski definition) is 3. The van der Waals surface area contributed by atoms with Crippen molar-refractivity contribution in [3.05, 3.63) is 34.3 Å². The molecule has 1 atom stereocenters. The first-order valence-electron chi connectivity index (χ1n) is 5.93. The molecule has 1 aromatic carbocycles. The molecule has 98 valence electrons. The average Bonchev–Trinajstić information content (AvgIpc) is 2.41. The Hall–Kier alpha value is -0.910. The highest BCUT2D eigenvalue weighted by Crippen LogP contribution is 2.13. The van der Waals surface area contributed by atoms with Crippen LogP contribution < -0.4 is 0 Å². The predicted molar refractivity (Wildman–Crippen MR) is 71.3 cm³/mol. The van der Waals surface area contributed by atoms with Gasteiger partial charge in [-0.3, -0.25) is 4.79 Å². The summed E-state index contributed by atoms with van der Waals surface area (Å²) in [6.45, 7) is 1.54. The molecule has 0 aliphatic carbocycles. The van der Waals surface area contributed by atoms with E-state index in [0.717, 1.165) is 10.0 Å². The van der Waals surface area contributed by atoms with Gasteiger partial charge < -0.3 is 14.7 Å². The van der Waals surface area contributed by atoms with E-state index in [1.807, 2.05) is 24.3 Å². The van der Waals surface area contributed by atoms with Gasteiger partial charge in [0.1, 0.15) is 0 Å². The molecule has 2 rings (SSSR count). The second-order valence-corrected chi connectivity index (χ2v) is 5.23. The number of benzene rings is 1. The minimum absolute atomic E-state index is 0.0396. The molecule has 4 nitrogen and oxygen atoms in total. The van der Waals surface area contributed by atoms with Gasteiger partial charge in [0, 0.05) is 17.6 Å². The third kappa shape index (κ3) is 3.54. The Morgan fingerprint density at radius 1 is 1.44 bits per heavy atom. The van der Waals surface area contributed by atoms with Crippen LogP contribution in [0.3, 0.4) is 0 Å². The van der Waals surface area contributed by atoms with Crippen LogP contribution in [0.25, 0.3) is 0 Å². The second kappa shape index (κ2) is 6.31. The van der Waals surface area contributed by atoms with Crippen LogP contribution in [-0.2, 0) is 16.0 Å². The number of hydrogen-bond donors (Lipinski definition) is 1. The normalized spacial score (nSPS) is 19.9. The lowest BCUT2D eigenvalue weighted by molar-refractivity contribution is -0.139. The maximum Gasteiger partial charge on any atom is 0.227 e. The largest absolute Gasteiger partial charge is 0.394 e.